The van der Waals surface area contributed by atoms with Crippen molar-refractivity contribution in [2.75, 3.05) is 7.11 Å². The lowest BCUT2D eigenvalue weighted by atomic mass is 10.2. The maximum Gasteiger partial charge on any atom is 0.169 e. The second-order valence-corrected chi connectivity index (χ2v) is 7.08. The van der Waals surface area contributed by atoms with E-state index in [1.807, 2.05) is 24.4 Å². The maximum atomic E-state index is 13.6. The van der Waals surface area contributed by atoms with E-state index in [0.29, 0.717) is 17.5 Å². The molecule has 0 saturated heterocycles. The van der Waals surface area contributed by atoms with Gasteiger partial charge in [0.25, 0.3) is 0 Å². The molecule has 1 saturated carbocycles. The molecule has 0 bridgehead atoms. The van der Waals surface area contributed by atoms with Crippen molar-refractivity contribution in [2.24, 2.45) is 0 Å². The number of halogens is 1. The Hall–Kier alpha value is -2.27. The first-order valence-electron chi connectivity index (χ1n) is 8.34. The Bertz CT molecular complexity index is 875. The molecule has 0 unspecified atom stereocenters. The highest BCUT2D eigenvalue weighted by Gasteiger charge is 2.29. The predicted molar refractivity (Wildman–Crippen MR) is 98.4 cm³/mol. The van der Waals surface area contributed by atoms with Crippen LogP contribution in [0.5, 0.6) is 5.75 Å². The second-order valence-electron chi connectivity index (χ2n) is 6.14. The lowest BCUT2D eigenvalue weighted by Gasteiger charge is -2.12. The summed E-state index contributed by atoms with van der Waals surface area (Å²) in [7, 11) is 1.61. The van der Waals surface area contributed by atoms with Crippen LogP contribution < -0.4 is 4.74 Å². The first kappa shape index (κ1) is 16.2. The minimum atomic E-state index is -0.244. The van der Waals surface area contributed by atoms with Crippen LogP contribution in [0.25, 0.3) is 11.3 Å². The third-order valence-electron chi connectivity index (χ3n) is 4.34. The summed E-state index contributed by atoms with van der Waals surface area (Å²) in [5, 5.41) is 0.979. The third-order valence-corrected chi connectivity index (χ3v) is 5.36. The number of methoxy groups -OCH3 is 1. The second kappa shape index (κ2) is 6.92. The molecule has 1 fully saturated rings. The molecule has 3 nitrogen and oxygen atoms in total. The molecule has 1 heterocycles. The molecule has 0 radical (unpaired) electrons. The van der Waals surface area contributed by atoms with E-state index in [1.165, 1.54) is 30.5 Å². The number of nitrogens with zero attached hydrogens (tertiary/aromatic N) is 2. The van der Waals surface area contributed by atoms with E-state index in [-0.39, 0.29) is 5.82 Å². The van der Waals surface area contributed by atoms with Crippen molar-refractivity contribution >= 4 is 11.8 Å². The quantitative estimate of drug-likeness (QED) is 0.560. The molecular formula is C20H19FN2OS. The molecule has 0 atom stereocenters. The highest BCUT2D eigenvalue weighted by molar-refractivity contribution is 7.98. The molecule has 0 amide bonds. The molecule has 1 aliphatic carbocycles. The zero-order valence-electron chi connectivity index (χ0n) is 14.0. The van der Waals surface area contributed by atoms with Crippen LogP contribution in [-0.2, 0) is 5.75 Å². The Balaban J connectivity index is 1.62. The van der Waals surface area contributed by atoms with Crippen LogP contribution in [0, 0.1) is 5.82 Å². The number of imidazole rings is 1. The summed E-state index contributed by atoms with van der Waals surface area (Å²) >= 11 is 1.63. The Morgan fingerprint density at radius 2 is 2.00 bits per heavy atom. The van der Waals surface area contributed by atoms with Crippen molar-refractivity contribution in [3.63, 3.8) is 0 Å². The van der Waals surface area contributed by atoms with Gasteiger partial charge in [-0.1, -0.05) is 42.1 Å². The van der Waals surface area contributed by atoms with Crippen LogP contribution in [0.2, 0.25) is 0 Å². The van der Waals surface area contributed by atoms with Crippen LogP contribution in [-0.4, -0.2) is 16.7 Å². The number of hydrogen-bond acceptors (Lipinski definition) is 3. The van der Waals surface area contributed by atoms with Crippen molar-refractivity contribution in [3.8, 4) is 17.0 Å². The van der Waals surface area contributed by atoms with Crippen LogP contribution in [0.4, 0.5) is 4.39 Å². The normalized spacial score (nSPS) is 13.8. The van der Waals surface area contributed by atoms with Crippen LogP contribution in [0.1, 0.15) is 24.4 Å². The Morgan fingerprint density at radius 1 is 1.20 bits per heavy atom. The van der Waals surface area contributed by atoms with Gasteiger partial charge in [0, 0.05) is 17.4 Å². The Labute approximate surface area is 150 Å². The monoisotopic (exact) mass is 354 g/mol. The number of hydrogen-bond donors (Lipinski definition) is 0. The van der Waals surface area contributed by atoms with E-state index >= 15 is 0 Å². The summed E-state index contributed by atoms with van der Waals surface area (Å²) in [6.45, 7) is 0. The lowest BCUT2D eigenvalue weighted by molar-refractivity contribution is 0.410. The molecule has 128 valence electrons. The summed E-state index contributed by atoms with van der Waals surface area (Å²) in [6.07, 6.45) is 4.32. The van der Waals surface area contributed by atoms with Crippen molar-refractivity contribution in [1.82, 2.24) is 9.55 Å². The van der Waals surface area contributed by atoms with Gasteiger partial charge in [-0.2, -0.15) is 0 Å². The molecule has 0 N–H and O–H groups in total. The number of rotatable bonds is 6. The van der Waals surface area contributed by atoms with Gasteiger partial charge in [0.1, 0.15) is 11.6 Å². The highest BCUT2D eigenvalue weighted by atomic mass is 32.2. The van der Waals surface area contributed by atoms with E-state index in [9.17, 15) is 4.39 Å². The van der Waals surface area contributed by atoms with E-state index in [2.05, 4.69) is 21.7 Å². The molecule has 0 aliphatic heterocycles. The van der Waals surface area contributed by atoms with Gasteiger partial charge in [0.15, 0.2) is 5.16 Å². The van der Waals surface area contributed by atoms with Gasteiger partial charge in [-0.25, -0.2) is 9.37 Å². The lowest BCUT2D eigenvalue weighted by Crippen LogP contribution is -1.99. The maximum absolute atomic E-state index is 13.6. The number of ether oxygens (including phenoxy) is 1. The number of aromatic nitrogens is 2. The van der Waals surface area contributed by atoms with Crippen LogP contribution in [0.3, 0.4) is 0 Å². The van der Waals surface area contributed by atoms with Gasteiger partial charge < -0.3 is 9.30 Å². The van der Waals surface area contributed by atoms with Crippen molar-refractivity contribution < 1.29 is 9.13 Å². The summed E-state index contributed by atoms with van der Waals surface area (Å²) < 4.78 is 21.2. The number of thioether (sulfide) groups is 1. The smallest absolute Gasteiger partial charge is 0.169 e. The zero-order chi connectivity index (χ0) is 17.2. The van der Waals surface area contributed by atoms with E-state index < -0.39 is 0 Å². The van der Waals surface area contributed by atoms with E-state index in [1.54, 1.807) is 24.9 Å². The molecule has 25 heavy (non-hydrogen) atoms. The fraction of sp³-hybridized carbons (Fsp3) is 0.250. The average molecular weight is 354 g/mol. The molecule has 1 aliphatic rings. The Kier molecular flexibility index (Phi) is 4.49. The summed E-state index contributed by atoms with van der Waals surface area (Å²) in [5.41, 5.74) is 3.17. The summed E-state index contributed by atoms with van der Waals surface area (Å²) in [4.78, 5) is 4.64. The molecule has 1 aromatic heterocycles. The highest BCUT2D eigenvalue weighted by Crippen LogP contribution is 2.42. The molecule has 3 aromatic rings. The first-order valence-corrected chi connectivity index (χ1v) is 9.32. The SMILES string of the molecule is COc1ccc(F)cc1CSc1ncc(-c2ccccc2)n1C1CC1. The fourth-order valence-electron chi connectivity index (χ4n) is 2.96. The summed E-state index contributed by atoms with van der Waals surface area (Å²) in [6, 6.07) is 15.5. The molecule has 5 heteroatoms. The van der Waals surface area contributed by atoms with Gasteiger partial charge in [-0.15, -0.1) is 0 Å². The average Bonchev–Trinajstić information content (AvgIpc) is 3.40. The number of benzene rings is 2. The molecule has 2 aromatic carbocycles. The van der Waals surface area contributed by atoms with Gasteiger partial charge in [-0.05, 0) is 36.6 Å². The van der Waals surface area contributed by atoms with Gasteiger partial charge in [0.2, 0.25) is 0 Å². The van der Waals surface area contributed by atoms with Crippen molar-refractivity contribution in [1.29, 1.82) is 0 Å². The zero-order valence-corrected chi connectivity index (χ0v) is 14.8. The third kappa shape index (κ3) is 3.42. The first-order chi connectivity index (χ1) is 12.3. The standard InChI is InChI=1S/C20H19FN2OS/c1-24-19-10-7-16(21)11-15(19)13-25-20-22-12-18(23(20)17-8-9-17)14-5-3-2-4-6-14/h2-7,10-12,17H,8-9,13H2,1H3. The largest absolute Gasteiger partial charge is 0.496 e. The topological polar surface area (TPSA) is 27.1 Å². The predicted octanol–water partition coefficient (Wildman–Crippen LogP) is 5.33. The van der Waals surface area contributed by atoms with E-state index in [0.717, 1.165) is 16.4 Å². The summed E-state index contributed by atoms with van der Waals surface area (Å²) in [5.74, 6) is 1.09. The van der Waals surface area contributed by atoms with Crippen molar-refractivity contribution in [3.05, 3.63) is 66.1 Å². The van der Waals surface area contributed by atoms with E-state index in [4.69, 9.17) is 4.74 Å². The Morgan fingerprint density at radius 3 is 2.72 bits per heavy atom. The van der Waals surface area contributed by atoms with Gasteiger partial charge in [-0.3, -0.25) is 0 Å². The molecular weight excluding hydrogens is 335 g/mol. The van der Waals surface area contributed by atoms with Gasteiger partial charge in [0.05, 0.1) is 19.0 Å². The molecule has 4 rings (SSSR count). The fourth-order valence-corrected chi connectivity index (χ4v) is 3.98. The van der Waals surface area contributed by atoms with Crippen molar-refractivity contribution in [2.45, 2.75) is 29.8 Å². The minimum absolute atomic E-state index is 0.244. The van der Waals surface area contributed by atoms with Crippen LogP contribution >= 0.6 is 11.8 Å². The minimum Gasteiger partial charge on any atom is -0.496 e. The van der Waals surface area contributed by atoms with Crippen LogP contribution in [0.15, 0.2) is 59.9 Å². The molecule has 0 spiro atoms. The van der Waals surface area contributed by atoms with Gasteiger partial charge >= 0.3 is 0 Å².